The molecule has 0 radical (unpaired) electrons. The number of aryl methyl sites for hydroxylation is 2. The lowest BCUT2D eigenvalue weighted by Crippen LogP contribution is -2.49. The van der Waals surface area contributed by atoms with E-state index in [2.05, 4.69) is 16.8 Å². The molecule has 2 fully saturated rings. The lowest BCUT2D eigenvalue weighted by Gasteiger charge is -2.44. The van der Waals surface area contributed by atoms with Crippen LogP contribution in [0.25, 0.3) is 0 Å². The number of piperidine rings is 1. The molecule has 0 N–H and O–H groups in total. The molecule has 0 unspecified atom stereocenters. The predicted molar refractivity (Wildman–Crippen MR) is 128 cm³/mol. The van der Waals surface area contributed by atoms with Crippen molar-refractivity contribution in [1.29, 1.82) is 0 Å². The molecule has 2 aromatic rings. The topological polar surface area (TPSA) is 76.6 Å². The average molecular weight is 459 g/mol. The van der Waals surface area contributed by atoms with Crippen molar-refractivity contribution >= 4 is 17.5 Å². The number of Topliss-reactive ketones (excluding diaryl/α,β-unsaturated/α-hetero) is 2. The average Bonchev–Trinajstić information content (AvgIpc) is 2.80. The Bertz CT molecular complexity index is 1120. The van der Waals surface area contributed by atoms with Crippen molar-refractivity contribution in [3.63, 3.8) is 0 Å². The van der Waals surface area contributed by atoms with Crippen LogP contribution in [-0.4, -0.2) is 47.1 Å². The summed E-state index contributed by atoms with van der Waals surface area (Å²) in [6, 6.07) is 9.22. The van der Waals surface area contributed by atoms with E-state index >= 15 is 0 Å². The van der Waals surface area contributed by atoms with Crippen LogP contribution < -0.4 is 4.74 Å². The molecule has 2 aliphatic rings. The van der Waals surface area contributed by atoms with Gasteiger partial charge in [-0.25, -0.2) is 4.98 Å². The summed E-state index contributed by atoms with van der Waals surface area (Å²) in [6.45, 7) is 6.67. The van der Waals surface area contributed by atoms with Crippen LogP contribution in [0.1, 0.15) is 60.8 Å². The largest absolute Gasteiger partial charge is 0.468 e. The number of likely N-dealkylation sites (tertiary alicyclic amines) is 1. The first-order chi connectivity index (χ1) is 16.3. The number of nitrogens with zero attached hydrogens (tertiary/aromatic N) is 2. The van der Waals surface area contributed by atoms with E-state index in [0.29, 0.717) is 44.7 Å². The van der Waals surface area contributed by atoms with Crippen LogP contribution in [0.4, 0.5) is 0 Å². The highest BCUT2D eigenvalue weighted by molar-refractivity contribution is 6.10. The van der Waals surface area contributed by atoms with E-state index in [-0.39, 0.29) is 29.5 Å². The molecular weight excluding hydrogens is 428 g/mol. The normalized spacial score (nSPS) is 17.9. The number of amides is 1. The second kappa shape index (κ2) is 9.80. The predicted octanol–water partition coefficient (Wildman–Crippen LogP) is 3.77. The molecule has 1 aliphatic heterocycles. The first-order valence-electron chi connectivity index (χ1n) is 11.7. The third-order valence-corrected chi connectivity index (χ3v) is 7.05. The maximum atomic E-state index is 13.3. The molecule has 1 saturated heterocycles. The van der Waals surface area contributed by atoms with Gasteiger partial charge >= 0.3 is 0 Å². The Balaban J connectivity index is 1.40. The SMILES string of the molecule is CC#Cc1cc(C)c(C2C(=O)CC3(CCN(C(=O)COc4ccccn4)CC3)CC2=O)c(C)c1. The van der Waals surface area contributed by atoms with Crippen molar-refractivity contribution in [2.45, 2.75) is 52.4 Å². The van der Waals surface area contributed by atoms with Crippen LogP contribution in [0.2, 0.25) is 0 Å². The lowest BCUT2D eigenvalue weighted by atomic mass is 9.62. The Labute approximate surface area is 200 Å². The number of rotatable bonds is 4. The van der Waals surface area contributed by atoms with Gasteiger partial charge in [-0.2, -0.15) is 0 Å². The van der Waals surface area contributed by atoms with Gasteiger partial charge in [-0.1, -0.05) is 12.0 Å². The zero-order valence-electron chi connectivity index (χ0n) is 20.0. The Morgan fingerprint density at radius 1 is 1.12 bits per heavy atom. The van der Waals surface area contributed by atoms with Crippen molar-refractivity contribution in [2.75, 3.05) is 19.7 Å². The number of carbonyl (C=O) groups excluding carboxylic acids is 3. The Kier molecular flexibility index (Phi) is 6.83. The summed E-state index contributed by atoms with van der Waals surface area (Å²) < 4.78 is 5.48. The minimum atomic E-state index is -0.694. The molecule has 1 spiro atoms. The van der Waals surface area contributed by atoms with Gasteiger partial charge in [-0.05, 0) is 73.9 Å². The molecule has 0 bridgehead atoms. The van der Waals surface area contributed by atoms with Gasteiger partial charge in [-0.15, -0.1) is 5.92 Å². The zero-order valence-corrected chi connectivity index (χ0v) is 20.0. The van der Waals surface area contributed by atoms with E-state index in [0.717, 1.165) is 22.3 Å². The zero-order chi connectivity index (χ0) is 24.3. The maximum Gasteiger partial charge on any atom is 0.260 e. The smallest absolute Gasteiger partial charge is 0.260 e. The summed E-state index contributed by atoms with van der Waals surface area (Å²) in [5.41, 5.74) is 3.27. The quantitative estimate of drug-likeness (QED) is 0.515. The maximum absolute atomic E-state index is 13.3. The molecule has 0 atom stereocenters. The van der Waals surface area contributed by atoms with E-state index in [4.69, 9.17) is 4.74 Å². The van der Waals surface area contributed by atoms with E-state index in [9.17, 15) is 14.4 Å². The molecule has 4 rings (SSSR count). The number of pyridine rings is 1. The Hall–Kier alpha value is -3.46. The minimum Gasteiger partial charge on any atom is -0.468 e. The molecule has 1 aromatic heterocycles. The second-order valence-corrected chi connectivity index (χ2v) is 9.46. The van der Waals surface area contributed by atoms with E-state index in [1.807, 2.05) is 26.0 Å². The van der Waals surface area contributed by atoms with Crippen LogP contribution in [0, 0.1) is 31.1 Å². The van der Waals surface area contributed by atoms with Gasteiger partial charge in [0.15, 0.2) is 6.61 Å². The van der Waals surface area contributed by atoms with Gasteiger partial charge in [0.05, 0.1) is 0 Å². The number of ether oxygens (including phenoxy) is 1. The molecule has 176 valence electrons. The van der Waals surface area contributed by atoms with Crippen LogP contribution in [0.3, 0.4) is 0 Å². The Morgan fingerprint density at radius 2 is 1.76 bits per heavy atom. The fourth-order valence-corrected chi connectivity index (χ4v) is 5.40. The molecule has 6 heteroatoms. The van der Waals surface area contributed by atoms with E-state index in [1.165, 1.54) is 0 Å². The first-order valence-corrected chi connectivity index (χ1v) is 11.7. The summed E-state index contributed by atoms with van der Waals surface area (Å²) in [4.78, 5) is 45.0. The number of carbonyl (C=O) groups is 3. The Morgan fingerprint density at radius 3 is 2.32 bits per heavy atom. The summed E-state index contributed by atoms with van der Waals surface area (Å²) in [5.74, 6) is 5.56. The second-order valence-electron chi connectivity index (χ2n) is 9.46. The van der Waals surface area contributed by atoms with Crippen molar-refractivity contribution < 1.29 is 19.1 Å². The molecule has 1 amide bonds. The number of ketones is 2. The van der Waals surface area contributed by atoms with E-state index < -0.39 is 5.92 Å². The fourth-order valence-electron chi connectivity index (χ4n) is 5.40. The van der Waals surface area contributed by atoms with Crippen molar-refractivity contribution in [3.05, 3.63) is 58.8 Å². The van der Waals surface area contributed by atoms with Crippen molar-refractivity contribution in [2.24, 2.45) is 5.41 Å². The van der Waals surface area contributed by atoms with Crippen molar-refractivity contribution in [3.8, 4) is 17.7 Å². The van der Waals surface area contributed by atoms with Crippen LogP contribution >= 0.6 is 0 Å². The van der Waals surface area contributed by atoms with Gasteiger partial charge in [0, 0.05) is 43.8 Å². The van der Waals surface area contributed by atoms with Gasteiger partial charge in [0.25, 0.3) is 5.91 Å². The van der Waals surface area contributed by atoms with Gasteiger partial charge in [-0.3, -0.25) is 14.4 Å². The fraction of sp³-hybridized carbons (Fsp3) is 0.429. The molecule has 34 heavy (non-hydrogen) atoms. The highest BCUT2D eigenvalue weighted by Gasteiger charge is 2.47. The minimum absolute atomic E-state index is 0.00459. The van der Waals surface area contributed by atoms with Crippen molar-refractivity contribution in [1.82, 2.24) is 9.88 Å². The number of hydrogen-bond donors (Lipinski definition) is 0. The summed E-state index contributed by atoms with van der Waals surface area (Å²) in [7, 11) is 0. The standard InChI is InChI=1S/C28H30N2O4/c1-4-7-21-14-19(2)26(20(3)15-21)27-22(31)16-28(17-23(27)32)9-12-30(13-10-28)25(33)18-34-24-8-5-6-11-29-24/h5-6,8,11,14-15,27H,9-10,12-13,16-18H2,1-3H3. The highest BCUT2D eigenvalue weighted by atomic mass is 16.5. The van der Waals surface area contributed by atoms with Crippen LogP contribution in [0.5, 0.6) is 5.88 Å². The number of benzene rings is 1. The molecular formula is C28H30N2O4. The monoisotopic (exact) mass is 458 g/mol. The van der Waals surface area contributed by atoms with Crippen LogP contribution in [0.15, 0.2) is 36.5 Å². The highest BCUT2D eigenvalue weighted by Crippen LogP contribution is 2.46. The molecule has 6 nitrogen and oxygen atoms in total. The first kappa shape index (κ1) is 23.7. The summed E-state index contributed by atoms with van der Waals surface area (Å²) in [5, 5.41) is 0. The summed E-state index contributed by atoms with van der Waals surface area (Å²) in [6.07, 6.45) is 3.67. The van der Waals surface area contributed by atoms with E-state index in [1.54, 1.807) is 36.2 Å². The molecule has 1 saturated carbocycles. The number of hydrogen-bond acceptors (Lipinski definition) is 5. The summed E-state index contributed by atoms with van der Waals surface area (Å²) >= 11 is 0. The third-order valence-electron chi connectivity index (χ3n) is 7.05. The third kappa shape index (κ3) is 4.89. The lowest BCUT2D eigenvalue weighted by molar-refractivity contribution is -0.141. The molecule has 1 aliphatic carbocycles. The number of aromatic nitrogens is 1. The van der Waals surface area contributed by atoms with Gasteiger partial charge in [0.2, 0.25) is 5.88 Å². The molecule has 2 heterocycles. The molecule has 1 aromatic carbocycles. The van der Waals surface area contributed by atoms with Crippen LogP contribution in [-0.2, 0) is 14.4 Å². The van der Waals surface area contributed by atoms with Gasteiger partial charge in [0.1, 0.15) is 17.5 Å². The van der Waals surface area contributed by atoms with Gasteiger partial charge < -0.3 is 9.64 Å².